The van der Waals surface area contributed by atoms with Crippen LogP contribution in [0.15, 0.2) is 12.2 Å². The zero-order chi connectivity index (χ0) is 11.7. The highest BCUT2D eigenvalue weighted by Crippen LogP contribution is 2.26. The molecule has 0 aromatic rings. The summed E-state index contributed by atoms with van der Waals surface area (Å²) in [5, 5.41) is 8.98. The van der Waals surface area contributed by atoms with Gasteiger partial charge in [-0.25, -0.2) is 4.79 Å². The predicted molar refractivity (Wildman–Crippen MR) is 60.8 cm³/mol. The number of hydrogen-bond donors (Lipinski definition) is 2. The highest BCUT2D eigenvalue weighted by molar-refractivity contribution is 7.99. The first-order valence-corrected chi connectivity index (χ1v) is 6.30. The third-order valence-corrected chi connectivity index (χ3v) is 3.90. The van der Waals surface area contributed by atoms with Crippen molar-refractivity contribution in [3.05, 3.63) is 12.2 Å². The Kier molecular flexibility index (Phi) is 3.20. The largest absolute Gasteiger partial charge is 0.480 e. The molecule has 2 rings (SSSR count). The maximum absolute atomic E-state index is 12.1. The first-order valence-electron chi connectivity index (χ1n) is 5.14. The molecule has 2 aliphatic rings. The number of nitrogens with two attached hydrogens (primary N) is 1. The molecular weight excluding hydrogens is 228 g/mol. The molecule has 0 spiro atoms. The molecule has 88 valence electrons. The number of carboxylic acid groups (broad SMARTS) is 1. The molecule has 1 heterocycles. The van der Waals surface area contributed by atoms with Crippen LogP contribution in [0.5, 0.6) is 0 Å². The summed E-state index contributed by atoms with van der Waals surface area (Å²) in [5.74, 6) is -0.333. The summed E-state index contributed by atoms with van der Waals surface area (Å²) in [4.78, 5) is 24.4. The van der Waals surface area contributed by atoms with Gasteiger partial charge in [-0.05, 0) is 6.42 Å². The van der Waals surface area contributed by atoms with Crippen LogP contribution in [0.4, 0.5) is 0 Å². The molecule has 6 heteroatoms. The third kappa shape index (κ3) is 2.08. The zero-order valence-electron chi connectivity index (χ0n) is 8.70. The second-order valence-corrected chi connectivity index (χ2v) is 5.05. The van der Waals surface area contributed by atoms with E-state index in [1.165, 1.54) is 16.7 Å². The van der Waals surface area contributed by atoms with Crippen LogP contribution in [0, 0.1) is 5.92 Å². The average Bonchev–Trinajstić information content (AvgIpc) is 2.84. The van der Waals surface area contributed by atoms with E-state index in [2.05, 4.69) is 0 Å². The van der Waals surface area contributed by atoms with Crippen molar-refractivity contribution in [1.82, 2.24) is 4.90 Å². The van der Waals surface area contributed by atoms with Gasteiger partial charge in [0.05, 0.1) is 11.8 Å². The smallest absolute Gasteiger partial charge is 0.327 e. The van der Waals surface area contributed by atoms with Crippen molar-refractivity contribution < 1.29 is 14.7 Å². The molecule has 16 heavy (non-hydrogen) atoms. The minimum atomic E-state index is -0.926. The van der Waals surface area contributed by atoms with Gasteiger partial charge in [0.2, 0.25) is 5.91 Å². The van der Waals surface area contributed by atoms with E-state index in [1.807, 2.05) is 6.08 Å². The molecule has 3 N–H and O–H groups in total. The summed E-state index contributed by atoms with van der Waals surface area (Å²) < 4.78 is 0. The van der Waals surface area contributed by atoms with Crippen LogP contribution >= 0.6 is 11.8 Å². The van der Waals surface area contributed by atoms with E-state index in [1.54, 1.807) is 6.08 Å². The average molecular weight is 242 g/mol. The van der Waals surface area contributed by atoms with E-state index in [-0.39, 0.29) is 17.9 Å². The van der Waals surface area contributed by atoms with Gasteiger partial charge in [-0.3, -0.25) is 4.79 Å². The second kappa shape index (κ2) is 4.47. The van der Waals surface area contributed by atoms with E-state index in [0.717, 1.165) is 0 Å². The Hall–Kier alpha value is -1.01. The number of rotatable bonds is 2. The SMILES string of the molecule is NC1C=CC(C(=O)N2CSC[C@H]2C(=O)O)C1. The Morgan fingerprint density at radius 3 is 2.75 bits per heavy atom. The van der Waals surface area contributed by atoms with Crippen LogP contribution in [0.2, 0.25) is 0 Å². The van der Waals surface area contributed by atoms with Gasteiger partial charge in [0.1, 0.15) is 6.04 Å². The summed E-state index contributed by atoms with van der Waals surface area (Å²) in [5.41, 5.74) is 5.68. The first kappa shape index (κ1) is 11.5. The number of hydrogen-bond acceptors (Lipinski definition) is 4. The van der Waals surface area contributed by atoms with Gasteiger partial charge in [-0.1, -0.05) is 12.2 Å². The summed E-state index contributed by atoms with van der Waals surface area (Å²) in [7, 11) is 0. The summed E-state index contributed by atoms with van der Waals surface area (Å²) in [6, 6.07) is -0.754. The lowest BCUT2D eigenvalue weighted by Gasteiger charge is -2.23. The summed E-state index contributed by atoms with van der Waals surface area (Å²) in [6.07, 6.45) is 4.18. The molecule has 1 aliphatic carbocycles. The van der Waals surface area contributed by atoms with Crippen LogP contribution in [-0.2, 0) is 9.59 Å². The number of aliphatic carboxylic acids is 1. The fourth-order valence-electron chi connectivity index (χ4n) is 1.99. The van der Waals surface area contributed by atoms with E-state index in [9.17, 15) is 9.59 Å². The van der Waals surface area contributed by atoms with Gasteiger partial charge in [-0.2, -0.15) is 0 Å². The van der Waals surface area contributed by atoms with E-state index in [0.29, 0.717) is 18.1 Å². The van der Waals surface area contributed by atoms with Crippen LogP contribution in [-0.4, -0.2) is 45.6 Å². The van der Waals surface area contributed by atoms with Gasteiger partial charge in [0, 0.05) is 11.8 Å². The number of thioether (sulfide) groups is 1. The molecule has 0 aromatic carbocycles. The van der Waals surface area contributed by atoms with Crippen LogP contribution in [0.3, 0.4) is 0 Å². The molecule has 0 aromatic heterocycles. The Morgan fingerprint density at radius 2 is 2.19 bits per heavy atom. The molecule has 3 atom stereocenters. The lowest BCUT2D eigenvalue weighted by Crippen LogP contribution is -2.44. The fraction of sp³-hybridized carbons (Fsp3) is 0.600. The highest BCUT2D eigenvalue weighted by atomic mass is 32.2. The second-order valence-electron chi connectivity index (χ2n) is 4.05. The molecule has 1 aliphatic heterocycles. The van der Waals surface area contributed by atoms with Crippen molar-refractivity contribution in [3.8, 4) is 0 Å². The van der Waals surface area contributed by atoms with Crippen LogP contribution < -0.4 is 5.73 Å². The maximum atomic E-state index is 12.1. The Bertz CT molecular complexity index is 345. The molecule has 0 bridgehead atoms. The van der Waals surface area contributed by atoms with Gasteiger partial charge in [0.25, 0.3) is 0 Å². The predicted octanol–water partition coefficient (Wildman–Crippen LogP) is -0.124. The monoisotopic (exact) mass is 242 g/mol. The van der Waals surface area contributed by atoms with Gasteiger partial charge in [0.15, 0.2) is 0 Å². The van der Waals surface area contributed by atoms with Crippen molar-refractivity contribution in [1.29, 1.82) is 0 Å². The van der Waals surface area contributed by atoms with Crippen molar-refractivity contribution in [2.24, 2.45) is 11.7 Å². The van der Waals surface area contributed by atoms with E-state index in [4.69, 9.17) is 10.8 Å². The molecule has 0 saturated carbocycles. The minimum Gasteiger partial charge on any atom is -0.480 e. The number of carboxylic acids is 1. The maximum Gasteiger partial charge on any atom is 0.327 e. The highest BCUT2D eigenvalue weighted by Gasteiger charge is 2.38. The summed E-state index contributed by atoms with van der Waals surface area (Å²) in [6.45, 7) is 0. The fourth-order valence-corrected chi connectivity index (χ4v) is 3.14. The molecular formula is C10H14N2O3S. The summed E-state index contributed by atoms with van der Waals surface area (Å²) >= 11 is 1.48. The van der Waals surface area contributed by atoms with E-state index >= 15 is 0 Å². The molecule has 1 fully saturated rings. The third-order valence-electron chi connectivity index (χ3n) is 2.88. The standard InChI is InChI=1S/C10H14N2O3S/c11-7-2-1-6(3-7)9(13)12-5-16-4-8(12)10(14)15/h1-2,6-8H,3-5,11H2,(H,14,15)/t6?,7?,8-/m0/s1. The van der Waals surface area contributed by atoms with Crippen LogP contribution in [0.25, 0.3) is 0 Å². The normalized spacial score (nSPS) is 33.3. The minimum absolute atomic E-state index is 0.0764. The Labute approximate surface area is 97.7 Å². The topological polar surface area (TPSA) is 83.6 Å². The Balaban J connectivity index is 2.04. The van der Waals surface area contributed by atoms with Gasteiger partial charge < -0.3 is 15.7 Å². The quantitative estimate of drug-likeness (QED) is 0.659. The molecule has 2 unspecified atom stereocenters. The number of carbonyl (C=O) groups excluding carboxylic acids is 1. The molecule has 5 nitrogen and oxygen atoms in total. The molecule has 0 radical (unpaired) electrons. The van der Waals surface area contributed by atoms with Crippen molar-refractivity contribution >= 4 is 23.6 Å². The zero-order valence-corrected chi connectivity index (χ0v) is 9.52. The molecule has 1 amide bonds. The number of amides is 1. The lowest BCUT2D eigenvalue weighted by molar-refractivity contribution is -0.148. The van der Waals surface area contributed by atoms with Crippen LogP contribution in [0.1, 0.15) is 6.42 Å². The van der Waals surface area contributed by atoms with E-state index < -0.39 is 12.0 Å². The van der Waals surface area contributed by atoms with Gasteiger partial charge >= 0.3 is 5.97 Å². The van der Waals surface area contributed by atoms with Crippen molar-refractivity contribution in [2.45, 2.75) is 18.5 Å². The number of nitrogens with zero attached hydrogens (tertiary/aromatic N) is 1. The molecule has 1 saturated heterocycles. The first-order chi connectivity index (χ1) is 7.59. The van der Waals surface area contributed by atoms with Crippen molar-refractivity contribution in [2.75, 3.05) is 11.6 Å². The lowest BCUT2D eigenvalue weighted by atomic mass is 10.1. The number of carbonyl (C=O) groups is 2. The van der Waals surface area contributed by atoms with Gasteiger partial charge in [-0.15, -0.1) is 11.8 Å². The van der Waals surface area contributed by atoms with Crippen molar-refractivity contribution in [3.63, 3.8) is 0 Å². The Morgan fingerprint density at radius 1 is 1.44 bits per heavy atom.